The van der Waals surface area contributed by atoms with Crippen molar-refractivity contribution >= 4 is 15.9 Å². The Morgan fingerprint density at radius 1 is 1.18 bits per heavy atom. The Kier molecular flexibility index (Phi) is 3.72. The van der Waals surface area contributed by atoms with E-state index in [1.807, 2.05) is 0 Å². The fraction of sp³-hybridized carbons (Fsp3) is 0.533. The highest BCUT2D eigenvalue weighted by Gasteiger charge is 2.47. The average Bonchev–Trinajstić information content (AvgIpc) is 3.08. The molecule has 1 aromatic carbocycles. The third kappa shape index (κ3) is 2.52. The van der Waals surface area contributed by atoms with Crippen molar-refractivity contribution in [1.29, 1.82) is 0 Å². The SMILES string of the molecule is CC(=O)N1CC[C@]2(CCN(S(=O)(=O)c3ccccc3F)C2)C1. The Balaban J connectivity index is 1.81. The zero-order valence-electron chi connectivity index (χ0n) is 12.5. The number of halogens is 1. The maximum Gasteiger partial charge on any atom is 0.246 e. The molecule has 2 aliphatic rings. The lowest BCUT2D eigenvalue weighted by Gasteiger charge is -2.24. The summed E-state index contributed by atoms with van der Waals surface area (Å²) in [5, 5.41) is 0. The number of benzene rings is 1. The number of hydrogen-bond acceptors (Lipinski definition) is 3. The molecular weight excluding hydrogens is 307 g/mol. The maximum absolute atomic E-state index is 13.8. The van der Waals surface area contributed by atoms with Crippen LogP contribution in [0.5, 0.6) is 0 Å². The lowest BCUT2D eigenvalue weighted by molar-refractivity contribution is -0.128. The van der Waals surface area contributed by atoms with E-state index in [4.69, 9.17) is 0 Å². The smallest absolute Gasteiger partial charge is 0.246 e. The van der Waals surface area contributed by atoms with Crippen LogP contribution in [0.3, 0.4) is 0 Å². The molecule has 120 valence electrons. The molecule has 0 unspecified atom stereocenters. The Bertz CT molecular complexity index is 706. The van der Waals surface area contributed by atoms with Crippen molar-refractivity contribution in [3.05, 3.63) is 30.1 Å². The molecule has 7 heteroatoms. The zero-order chi connectivity index (χ0) is 16.0. The highest BCUT2D eigenvalue weighted by atomic mass is 32.2. The van der Waals surface area contributed by atoms with E-state index >= 15 is 0 Å². The molecule has 1 spiro atoms. The monoisotopic (exact) mass is 326 g/mol. The molecule has 0 aliphatic carbocycles. The van der Waals surface area contributed by atoms with Gasteiger partial charge in [0.05, 0.1) is 0 Å². The molecule has 0 bridgehead atoms. The summed E-state index contributed by atoms with van der Waals surface area (Å²) in [6, 6.07) is 5.45. The number of carbonyl (C=O) groups is 1. The average molecular weight is 326 g/mol. The van der Waals surface area contributed by atoms with Crippen LogP contribution < -0.4 is 0 Å². The minimum Gasteiger partial charge on any atom is -0.342 e. The second-order valence-corrected chi connectivity index (χ2v) is 8.12. The number of sulfonamides is 1. The van der Waals surface area contributed by atoms with E-state index in [9.17, 15) is 17.6 Å². The summed E-state index contributed by atoms with van der Waals surface area (Å²) in [6.07, 6.45) is 1.51. The van der Waals surface area contributed by atoms with E-state index in [0.717, 1.165) is 12.5 Å². The van der Waals surface area contributed by atoms with Crippen LogP contribution in [0.4, 0.5) is 4.39 Å². The minimum absolute atomic E-state index is 0.0206. The molecular formula is C15H19FN2O3S. The summed E-state index contributed by atoms with van der Waals surface area (Å²) >= 11 is 0. The molecule has 0 N–H and O–H groups in total. The second-order valence-electron chi connectivity index (χ2n) is 6.21. The lowest BCUT2D eigenvalue weighted by Crippen LogP contribution is -2.35. The van der Waals surface area contributed by atoms with Gasteiger partial charge in [-0.25, -0.2) is 12.8 Å². The molecule has 2 heterocycles. The molecule has 1 aromatic rings. The standard InChI is InChI=1S/C15H19FN2O3S/c1-12(19)17-8-6-15(10-17)7-9-18(11-15)22(20,21)14-5-3-2-4-13(14)16/h2-5H,6-11H2,1H3/t15-/m0/s1. The molecule has 2 fully saturated rings. The van der Waals surface area contributed by atoms with E-state index in [0.29, 0.717) is 32.6 Å². The van der Waals surface area contributed by atoms with Crippen LogP contribution in [-0.2, 0) is 14.8 Å². The van der Waals surface area contributed by atoms with E-state index < -0.39 is 15.8 Å². The molecule has 2 saturated heterocycles. The number of nitrogens with zero attached hydrogens (tertiary/aromatic N) is 2. The molecule has 2 aliphatic heterocycles. The number of likely N-dealkylation sites (tertiary alicyclic amines) is 1. The van der Waals surface area contributed by atoms with Gasteiger partial charge in [-0.1, -0.05) is 12.1 Å². The topological polar surface area (TPSA) is 57.7 Å². The first-order chi connectivity index (χ1) is 10.3. The molecule has 1 amide bonds. The van der Waals surface area contributed by atoms with Crippen LogP contribution in [-0.4, -0.2) is 49.7 Å². The summed E-state index contributed by atoms with van der Waals surface area (Å²) in [6.45, 7) is 3.52. The third-order valence-corrected chi connectivity index (χ3v) is 6.62. The molecule has 1 atom stereocenters. The summed E-state index contributed by atoms with van der Waals surface area (Å²) in [5.41, 5.74) is -0.177. The molecule has 5 nitrogen and oxygen atoms in total. The second kappa shape index (κ2) is 5.31. The Hall–Kier alpha value is -1.47. The van der Waals surface area contributed by atoms with Gasteiger partial charge in [-0.2, -0.15) is 4.31 Å². The van der Waals surface area contributed by atoms with E-state index in [1.165, 1.54) is 29.4 Å². The summed E-state index contributed by atoms with van der Waals surface area (Å²) in [7, 11) is -3.82. The lowest BCUT2D eigenvalue weighted by atomic mass is 9.87. The van der Waals surface area contributed by atoms with Crippen molar-refractivity contribution in [3.8, 4) is 0 Å². The van der Waals surface area contributed by atoms with Crippen molar-refractivity contribution in [3.63, 3.8) is 0 Å². The van der Waals surface area contributed by atoms with Crippen LogP contribution in [0.1, 0.15) is 19.8 Å². The molecule has 3 rings (SSSR count). The van der Waals surface area contributed by atoms with E-state index in [1.54, 1.807) is 4.90 Å². The normalized spacial score (nSPS) is 26.0. The van der Waals surface area contributed by atoms with Crippen LogP contribution in [0.2, 0.25) is 0 Å². The highest BCUT2D eigenvalue weighted by Crippen LogP contribution is 2.41. The van der Waals surface area contributed by atoms with Gasteiger partial charge in [-0.15, -0.1) is 0 Å². The molecule has 22 heavy (non-hydrogen) atoms. The number of carbonyl (C=O) groups excluding carboxylic acids is 1. The maximum atomic E-state index is 13.8. The van der Waals surface area contributed by atoms with Gasteiger partial charge in [-0.05, 0) is 25.0 Å². The van der Waals surface area contributed by atoms with Gasteiger partial charge in [0.15, 0.2) is 0 Å². The molecule has 0 radical (unpaired) electrons. The Morgan fingerprint density at radius 2 is 1.86 bits per heavy atom. The van der Waals surface area contributed by atoms with Gasteiger partial charge in [-0.3, -0.25) is 4.79 Å². The van der Waals surface area contributed by atoms with Crippen LogP contribution >= 0.6 is 0 Å². The van der Waals surface area contributed by atoms with Gasteiger partial charge >= 0.3 is 0 Å². The van der Waals surface area contributed by atoms with E-state index in [2.05, 4.69) is 0 Å². The first kappa shape index (κ1) is 15.4. The van der Waals surface area contributed by atoms with Crippen LogP contribution in [0.15, 0.2) is 29.2 Å². The first-order valence-corrected chi connectivity index (χ1v) is 8.78. The number of rotatable bonds is 2. The van der Waals surface area contributed by atoms with Gasteiger partial charge in [0, 0.05) is 38.5 Å². The zero-order valence-corrected chi connectivity index (χ0v) is 13.3. The Labute approximate surface area is 129 Å². The van der Waals surface area contributed by atoms with Gasteiger partial charge < -0.3 is 4.90 Å². The quantitative estimate of drug-likeness (QED) is 0.827. The van der Waals surface area contributed by atoms with Crippen molar-refractivity contribution in [2.24, 2.45) is 5.41 Å². The summed E-state index contributed by atoms with van der Waals surface area (Å²) in [5.74, 6) is -0.701. The van der Waals surface area contributed by atoms with E-state index in [-0.39, 0.29) is 16.2 Å². The molecule has 0 aromatic heterocycles. The number of amides is 1. The predicted molar refractivity (Wildman–Crippen MR) is 79.1 cm³/mol. The van der Waals surface area contributed by atoms with Gasteiger partial charge in [0.1, 0.15) is 10.7 Å². The first-order valence-electron chi connectivity index (χ1n) is 7.34. The van der Waals surface area contributed by atoms with Crippen LogP contribution in [0.25, 0.3) is 0 Å². The third-order valence-electron chi connectivity index (χ3n) is 4.74. The van der Waals surface area contributed by atoms with Crippen molar-refractivity contribution in [2.75, 3.05) is 26.2 Å². The van der Waals surface area contributed by atoms with Crippen molar-refractivity contribution in [1.82, 2.24) is 9.21 Å². The minimum atomic E-state index is -3.82. The predicted octanol–water partition coefficient (Wildman–Crippen LogP) is 1.46. The van der Waals surface area contributed by atoms with Crippen molar-refractivity contribution in [2.45, 2.75) is 24.7 Å². The Morgan fingerprint density at radius 3 is 2.50 bits per heavy atom. The number of hydrogen-bond donors (Lipinski definition) is 0. The van der Waals surface area contributed by atoms with Crippen LogP contribution in [0, 0.1) is 11.2 Å². The fourth-order valence-electron chi connectivity index (χ4n) is 3.43. The summed E-state index contributed by atoms with van der Waals surface area (Å²) < 4.78 is 40.4. The molecule has 0 saturated carbocycles. The van der Waals surface area contributed by atoms with Gasteiger partial charge in [0.2, 0.25) is 15.9 Å². The largest absolute Gasteiger partial charge is 0.342 e. The fourth-order valence-corrected chi connectivity index (χ4v) is 5.05. The summed E-state index contributed by atoms with van der Waals surface area (Å²) in [4.78, 5) is 13.0. The van der Waals surface area contributed by atoms with Crippen molar-refractivity contribution < 1.29 is 17.6 Å². The van der Waals surface area contributed by atoms with Gasteiger partial charge in [0.25, 0.3) is 0 Å². The highest BCUT2D eigenvalue weighted by molar-refractivity contribution is 7.89.